The van der Waals surface area contributed by atoms with E-state index in [-0.39, 0.29) is 17.7 Å². The molecule has 2 aliphatic heterocycles. The second-order valence-corrected chi connectivity index (χ2v) is 12.2. The van der Waals surface area contributed by atoms with E-state index in [1.807, 2.05) is 32.0 Å². The van der Waals surface area contributed by atoms with Crippen molar-refractivity contribution >= 4 is 35.9 Å². The number of aryl methyl sites for hydroxylation is 1. The maximum atomic E-state index is 13.7. The second-order valence-electron chi connectivity index (χ2n) is 11.8. The number of nitriles is 1. The molecule has 0 N–H and O–H groups in total. The molecule has 8 nitrogen and oxygen atoms in total. The fraction of sp³-hybridized carbons (Fsp3) is 0.531. The van der Waals surface area contributed by atoms with Gasteiger partial charge in [-0.1, -0.05) is 6.92 Å². The van der Waals surface area contributed by atoms with Gasteiger partial charge in [-0.15, -0.1) is 12.6 Å². The summed E-state index contributed by atoms with van der Waals surface area (Å²) in [5.41, 5.74) is -1.99. The van der Waals surface area contributed by atoms with Gasteiger partial charge in [-0.3, -0.25) is 19.4 Å². The van der Waals surface area contributed by atoms with Gasteiger partial charge in [0, 0.05) is 11.4 Å². The summed E-state index contributed by atoms with van der Waals surface area (Å²) < 4.78 is 52.1. The molecule has 2 aliphatic rings. The van der Waals surface area contributed by atoms with E-state index < -0.39 is 34.2 Å². The molecule has 0 saturated carbocycles. The highest BCUT2D eigenvalue weighted by Gasteiger charge is 2.51. The molecule has 2 fully saturated rings. The van der Waals surface area contributed by atoms with Crippen LogP contribution >= 0.6 is 12.6 Å². The predicted molar refractivity (Wildman–Crippen MR) is 165 cm³/mol. The molecule has 2 saturated heterocycles. The average Bonchev–Trinajstić information content (AvgIpc) is 3.18. The minimum Gasteiger partial charge on any atom is -0.493 e. The van der Waals surface area contributed by atoms with Crippen LogP contribution < -0.4 is 14.5 Å². The number of methoxy groups -OCH3 is 1. The van der Waals surface area contributed by atoms with Crippen molar-refractivity contribution in [1.29, 1.82) is 5.26 Å². The van der Waals surface area contributed by atoms with Crippen LogP contribution in [0.5, 0.6) is 5.75 Å². The Bertz CT molecular complexity index is 1420. The molecule has 0 bridgehead atoms. The number of esters is 1. The first-order valence-electron chi connectivity index (χ1n) is 14.7. The lowest BCUT2D eigenvalue weighted by Gasteiger charge is -2.35. The minimum absolute atomic E-state index is 0.0122. The molecule has 0 aromatic heterocycles. The quantitative estimate of drug-likeness (QED) is 0.267. The predicted octanol–water partition coefficient (Wildman–Crippen LogP) is 6.03. The lowest BCUT2D eigenvalue weighted by atomic mass is 9.93. The smallest absolute Gasteiger partial charge is 0.417 e. The monoisotopic (exact) mass is 632 g/mol. The van der Waals surface area contributed by atoms with Crippen LogP contribution in [-0.2, 0) is 26.9 Å². The molecule has 1 amide bonds. The summed E-state index contributed by atoms with van der Waals surface area (Å²) in [4.78, 5) is 30.6. The zero-order valence-electron chi connectivity index (χ0n) is 25.6. The third kappa shape index (κ3) is 6.64. The number of halogens is 3. The van der Waals surface area contributed by atoms with Crippen LogP contribution in [0, 0.1) is 17.2 Å². The Morgan fingerprint density at radius 1 is 1.16 bits per heavy atom. The SMILES string of the molecule is CCc1cc(N2[C@@H](S)N(c3ccc(C#N)c(C(F)(F)F)c3)C(=O)C2(C)C)ccc1OCCC1CCN([C@H](C)C(=O)OC)CC1. The molecule has 2 aromatic rings. The molecular formula is C32H39F3N4O4S. The van der Waals surface area contributed by atoms with E-state index in [4.69, 9.17) is 22.1 Å². The van der Waals surface area contributed by atoms with E-state index >= 15 is 0 Å². The summed E-state index contributed by atoms with van der Waals surface area (Å²) in [6.07, 6.45) is -1.24. The number of likely N-dealkylation sites (tertiary alicyclic amines) is 1. The van der Waals surface area contributed by atoms with Crippen molar-refractivity contribution in [3.63, 3.8) is 0 Å². The van der Waals surface area contributed by atoms with E-state index in [9.17, 15) is 28.0 Å². The molecule has 2 aromatic carbocycles. The highest BCUT2D eigenvalue weighted by atomic mass is 32.1. The molecule has 0 spiro atoms. The van der Waals surface area contributed by atoms with E-state index in [2.05, 4.69) is 4.90 Å². The first kappa shape index (κ1) is 33.5. The number of rotatable bonds is 9. The number of benzene rings is 2. The number of hydrogen-bond acceptors (Lipinski definition) is 8. The summed E-state index contributed by atoms with van der Waals surface area (Å²) in [5.74, 6) is 0.602. The molecule has 0 aliphatic carbocycles. The Morgan fingerprint density at radius 2 is 1.82 bits per heavy atom. The Balaban J connectivity index is 1.46. The lowest BCUT2D eigenvalue weighted by Crippen LogP contribution is -2.45. The second kappa shape index (κ2) is 13.3. The summed E-state index contributed by atoms with van der Waals surface area (Å²) in [6.45, 7) is 9.50. The highest BCUT2D eigenvalue weighted by Crippen LogP contribution is 2.43. The fourth-order valence-electron chi connectivity index (χ4n) is 6.04. The molecule has 2 atom stereocenters. The Morgan fingerprint density at radius 3 is 2.41 bits per heavy atom. The topological polar surface area (TPSA) is 86.1 Å². The van der Waals surface area contributed by atoms with Crippen LogP contribution in [-0.4, -0.2) is 60.7 Å². The van der Waals surface area contributed by atoms with Crippen molar-refractivity contribution in [2.24, 2.45) is 5.92 Å². The van der Waals surface area contributed by atoms with Gasteiger partial charge in [0.05, 0.1) is 30.9 Å². The molecule has 4 rings (SSSR count). The Kier molecular flexibility index (Phi) is 10.1. The summed E-state index contributed by atoms with van der Waals surface area (Å²) >= 11 is 4.70. The van der Waals surface area contributed by atoms with Crippen molar-refractivity contribution < 1.29 is 32.2 Å². The fourth-order valence-corrected chi connectivity index (χ4v) is 6.70. The van der Waals surface area contributed by atoms with Crippen LogP contribution in [0.25, 0.3) is 0 Å². The minimum atomic E-state index is -4.75. The van der Waals surface area contributed by atoms with Crippen LogP contribution in [0.4, 0.5) is 24.5 Å². The number of hydrogen-bond donors (Lipinski definition) is 1. The number of carbonyl (C=O) groups excluding carboxylic acids is 2. The van der Waals surface area contributed by atoms with Crippen molar-refractivity contribution in [3.05, 3.63) is 53.1 Å². The maximum absolute atomic E-state index is 13.7. The van der Waals surface area contributed by atoms with Crippen LogP contribution in [0.1, 0.15) is 63.6 Å². The van der Waals surface area contributed by atoms with Gasteiger partial charge in [0.1, 0.15) is 17.3 Å². The van der Waals surface area contributed by atoms with E-state index in [1.165, 1.54) is 18.1 Å². The van der Waals surface area contributed by atoms with Gasteiger partial charge < -0.3 is 14.4 Å². The van der Waals surface area contributed by atoms with Gasteiger partial charge in [-0.2, -0.15) is 18.4 Å². The van der Waals surface area contributed by atoms with Gasteiger partial charge in [-0.25, -0.2) is 0 Å². The number of nitrogens with zero attached hydrogens (tertiary/aromatic N) is 4. The average molecular weight is 633 g/mol. The zero-order valence-corrected chi connectivity index (χ0v) is 26.5. The molecule has 0 radical (unpaired) electrons. The molecule has 44 heavy (non-hydrogen) atoms. The molecule has 12 heteroatoms. The van der Waals surface area contributed by atoms with Gasteiger partial charge >= 0.3 is 12.1 Å². The highest BCUT2D eigenvalue weighted by molar-refractivity contribution is 7.81. The normalized spacial score (nSPS) is 20.0. The third-order valence-electron chi connectivity index (χ3n) is 8.74. The van der Waals surface area contributed by atoms with Crippen LogP contribution in [0.2, 0.25) is 0 Å². The van der Waals surface area contributed by atoms with Crippen molar-refractivity contribution in [2.45, 2.75) is 76.6 Å². The molecular weight excluding hydrogens is 593 g/mol. The first-order valence-corrected chi connectivity index (χ1v) is 15.3. The third-order valence-corrected chi connectivity index (χ3v) is 9.20. The van der Waals surface area contributed by atoms with E-state index in [1.54, 1.807) is 24.8 Å². The number of carbonyl (C=O) groups is 2. The molecule has 0 unspecified atom stereocenters. The van der Waals surface area contributed by atoms with Crippen molar-refractivity contribution in [1.82, 2.24) is 4.90 Å². The van der Waals surface area contributed by atoms with E-state index in [0.717, 1.165) is 55.8 Å². The Labute approximate surface area is 262 Å². The van der Waals surface area contributed by atoms with Crippen LogP contribution in [0.15, 0.2) is 36.4 Å². The van der Waals surface area contributed by atoms with Crippen LogP contribution in [0.3, 0.4) is 0 Å². The van der Waals surface area contributed by atoms with Crippen molar-refractivity contribution in [2.75, 3.05) is 36.6 Å². The molecule has 2 heterocycles. The summed E-state index contributed by atoms with van der Waals surface area (Å²) in [7, 11) is 1.41. The zero-order chi connectivity index (χ0) is 32.4. The summed E-state index contributed by atoms with van der Waals surface area (Å²) in [6, 6.07) is 10.2. The number of alkyl halides is 3. The van der Waals surface area contributed by atoms with Crippen molar-refractivity contribution in [3.8, 4) is 11.8 Å². The number of thiol groups is 1. The Hall–Kier alpha value is -3.43. The number of amides is 1. The van der Waals surface area contributed by atoms with Gasteiger partial charge in [0.25, 0.3) is 5.91 Å². The molecule has 238 valence electrons. The first-order chi connectivity index (χ1) is 20.7. The van der Waals surface area contributed by atoms with Gasteiger partial charge in [0.15, 0.2) is 5.50 Å². The number of piperidine rings is 1. The lowest BCUT2D eigenvalue weighted by molar-refractivity contribution is -0.147. The number of anilines is 2. The largest absolute Gasteiger partial charge is 0.493 e. The van der Waals surface area contributed by atoms with Gasteiger partial charge in [0.2, 0.25) is 0 Å². The summed E-state index contributed by atoms with van der Waals surface area (Å²) in [5, 5.41) is 9.18. The van der Waals surface area contributed by atoms with E-state index in [0.29, 0.717) is 24.6 Å². The number of ether oxygens (including phenoxy) is 2. The van der Waals surface area contributed by atoms with Gasteiger partial charge in [-0.05, 0) is 107 Å². The maximum Gasteiger partial charge on any atom is 0.417 e. The standard InChI is InChI=1S/C32H39F3N4O4S/c1-6-22-17-25(9-10-27(22)43-16-13-21-11-14-37(15-12-21)20(2)28(40)42-5)39-30(44)38(29(41)31(39,3)4)24-8-7-23(19-36)26(18-24)32(33,34)35/h7-10,17-18,20-21,30,44H,6,11-16H2,1-5H3/t20-,30+/m1/s1.